The van der Waals surface area contributed by atoms with Gasteiger partial charge in [-0.3, -0.25) is 9.59 Å². The molecule has 1 aliphatic rings. The van der Waals surface area contributed by atoms with Gasteiger partial charge < -0.3 is 23.7 Å². The van der Waals surface area contributed by atoms with Gasteiger partial charge in [0, 0.05) is 75.8 Å². The number of piperidine rings is 1. The van der Waals surface area contributed by atoms with Gasteiger partial charge in [0.15, 0.2) is 0 Å². The number of likely N-dealkylation sites (N-methyl/N-ethyl adjacent to an activating group) is 1. The number of hydrogen-bond donors (Lipinski definition) is 0. The van der Waals surface area contributed by atoms with Crippen molar-refractivity contribution in [1.29, 1.82) is 0 Å². The van der Waals surface area contributed by atoms with Crippen LogP contribution >= 0.6 is 11.3 Å². The molecule has 1 saturated heterocycles. The number of rotatable bonds is 11. The highest BCUT2D eigenvalue weighted by atomic mass is 32.1. The Kier molecular flexibility index (Phi) is 9.65. The zero-order chi connectivity index (χ0) is 32.2. The fraction of sp³-hybridized carbons (Fsp3) is 0.389. The number of benzene rings is 2. The summed E-state index contributed by atoms with van der Waals surface area (Å²) in [5.41, 5.74) is 4.26. The predicted molar refractivity (Wildman–Crippen MR) is 182 cm³/mol. The van der Waals surface area contributed by atoms with Crippen molar-refractivity contribution in [3.63, 3.8) is 0 Å². The van der Waals surface area contributed by atoms with Crippen molar-refractivity contribution in [1.82, 2.24) is 28.9 Å². The van der Waals surface area contributed by atoms with Gasteiger partial charge in [0.2, 0.25) is 0 Å². The number of likely N-dealkylation sites (tertiary alicyclic amines) is 1. The van der Waals surface area contributed by atoms with E-state index < -0.39 is 0 Å². The summed E-state index contributed by atoms with van der Waals surface area (Å²) in [6.45, 7) is 8.08. The van der Waals surface area contributed by atoms with Gasteiger partial charge in [-0.05, 0) is 35.1 Å². The first-order chi connectivity index (χ1) is 22.3. The van der Waals surface area contributed by atoms with Crippen LogP contribution in [0.3, 0.4) is 0 Å². The molecule has 0 unspecified atom stereocenters. The zero-order valence-corrected chi connectivity index (χ0v) is 27.9. The van der Waals surface area contributed by atoms with E-state index in [1.165, 1.54) is 0 Å². The number of carbonyl (C=O) groups is 2. The fourth-order valence-electron chi connectivity index (χ4n) is 6.22. The maximum absolute atomic E-state index is 13.7. The minimum atomic E-state index is -0.0355. The predicted octanol–water partition coefficient (Wildman–Crippen LogP) is 6.40. The first kappa shape index (κ1) is 31.7. The van der Waals surface area contributed by atoms with Gasteiger partial charge in [-0.15, -0.1) is 11.3 Å². The third-order valence-electron chi connectivity index (χ3n) is 8.90. The first-order valence-electron chi connectivity index (χ1n) is 16.0. The van der Waals surface area contributed by atoms with Gasteiger partial charge >= 0.3 is 0 Å². The lowest BCUT2D eigenvalue weighted by Crippen LogP contribution is -2.39. The number of imidazole rings is 1. The summed E-state index contributed by atoms with van der Waals surface area (Å²) in [6.07, 6.45) is 9.74. The van der Waals surface area contributed by atoms with E-state index in [2.05, 4.69) is 63.4 Å². The molecular weight excluding hydrogens is 597 g/mol. The molecule has 1 aliphatic heterocycles. The van der Waals surface area contributed by atoms with E-state index in [9.17, 15) is 9.59 Å². The average molecular weight is 639 g/mol. The number of thiazole rings is 1. The van der Waals surface area contributed by atoms with Crippen LogP contribution in [0.4, 0.5) is 0 Å². The summed E-state index contributed by atoms with van der Waals surface area (Å²) in [7, 11) is 3.46. The molecule has 0 atom stereocenters. The summed E-state index contributed by atoms with van der Waals surface area (Å²) < 4.78 is 9.56. The van der Waals surface area contributed by atoms with Gasteiger partial charge in [-0.25, -0.2) is 9.97 Å². The van der Waals surface area contributed by atoms with Crippen LogP contribution in [0.5, 0.6) is 0 Å². The fourth-order valence-corrected chi connectivity index (χ4v) is 7.03. The Labute approximate surface area is 274 Å². The molecule has 4 heterocycles. The van der Waals surface area contributed by atoms with Crippen molar-refractivity contribution in [3.05, 3.63) is 94.7 Å². The summed E-state index contributed by atoms with van der Waals surface area (Å²) >= 11 is 1.57. The molecule has 0 aliphatic carbocycles. The van der Waals surface area contributed by atoms with Gasteiger partial charge in [0.1, 0.15) is 5.69 Å². The Bertz CT molecular complexity index is 1810. The quantitative estimate of drug-likeness (QED) is 0.167. The Morgan fingerprint density at radius 1 is 1.07 bits per heavy atom. The maximum Gasteiger partial charge on any atom is 0.273 e. The van der Waals surface area contributed by atoms with Gasteiger partial charge in [-0.2, -0.15) is 0 Å². The second-order valence-electron chi connectivity index (χ2n) is 12.5. The molecule has 0 radical (unpaired) electrons. The Hall–Kier alpha value is -4.28. The highest BCUT2D eigenvalue weighted by Crippen LogP contribution is 2.33. The molecule has 3 aromatic heterocycles. The Morgan fingerprint density at radius 2 is 1.85 bits per heavy atom. The monoisotopic (exact) mass is 638 g/mol. The van der Waals surface area contributed by atoms with E-state index in [1.807, 2.05) is 54.2 Å². The number of aromatic nitrogens is 4. The lowest BCUT2D eigenvalue weighted by Gasteiger charge is -2.32. The van der Waals surface area contributed by atoms with Crippen molar-refractivity contribution >= 4 is 33.9 Å². The highest BCUT2D eigenvalue weighted by molar-refractivity contribution is 7.09. The zero-order valence-electron chi connectivity index (χ0n) is 27.1. The number of methoxy groups -OCH3 is 1. The molecule has 0 saturated carbocycles. The minimum Gasteiger partial charge on any atom is -0.383 e. The molecule has 9 nitrogen and oxygen atoms in total. The van der Waals surface area contributed by atoms with E-state index in [0.717, 1.165) is 65.1 Å². The van der Waals surface area contributed by atoms with E-state index in [1.54, 1.807) is 23.3 Å². The largest absolute Gasteiger partial charge is 0.383 e. The molecule has 2 aromatic carbocycles. The topological polar surface area (TPSA) is 85.5 Å². The second-order valence-corrected chi connectivity index (χ2v) is 13.4. The molecule has 0 N–H and O–H groups in total. The van der Waals surface area contributed by atoms with Crippen LogP contribution < -0.4 is 0 Å². The van der Waals surface area contributed by atoms with Crippen molar-refractivity contribution in [2.45, 2.75) is 45.7 Å². The number of amides is 2. The van der Waals surface area contributed by atoms with Crippen molar-refractivity contribution < 1.29 is 14.3 Å². The standard InChI is InChI=1S/C36H42N6O3S/c1-25(2)34-38-33(23-46-34)36(44)41-14-12-26(13-15-41)19-42-24-37-18-28(42)20-40-21-31(32(22-40)35(43)39(3)16-17-45-4)30-11-7-9-27-8-5-6-10-29(27)30/h5-11,18,21-26H,12-17,19-20H2,1-4H3. The third kappa shape index (κ3) is 6.78. The average Bonchev–Trinajstić information content (AvgIpc) is 3.84. The van der Waals surface area contributed by atoms with Crippen LogP contribution in [0, 0.1) is 5.92 Å². The molecule has 0 bridgehead atoms. The van der Waals surface area contributed by atoms with E-state index in [-0.39, 0.29) is 11.8 Å². The molecule has 2 amide bonds. The van der Waals surface area contributed by atoms with Crippen LogP contribution in [0.1, 0.15) is 64.2 Å². The normalized spacial score (nSPS) is 14.0. The molecule has 1 fully saturated rings. The lowest BCUT2D eigenvalue weighted by atomic mass is 9.96. The summed E-state index contributed by atoms with van der Waals surface area (Å²) in [5, 5.41) is 5.15. The lowest BCUT2D eigenvalue weighted by molar-refractivity contribution is 0.0676. The summed E-state index contributed by atoms with van der Waals surface area (Å²) in [4.78, 5) is 39.5. The summed E-state index contributed by atoms with van der Waals surface area (Å²) in [5.74, 6) is 0.776. The van der Waals surface area contributed by atoms with Gasteiger partial charge in [0.25, 0.3) is 11.8 Å². The third-order valence-corrected chi connectivity index (χ3v) is 10.0. The Morgan fingerprint density at radius 3 is 2.61 bits per heavy atom. The molecular formula is C36H42N6O3S. The van der Waals surface area contributed by atoms with Gasteiger partial charge in [-0.1, -0.05) is 56.3 Å². The molecule has 0 spiro atoms. The SMILES string of the molecule is COCCN(C)C(=O)c1cn(Cc2cncn2CC2CCN(C(=O)c3csc(C(C)C)n3)CC2)cc1-c1cccc2ccccc12. The van der Waals surface area contributed by atoms with Crippen molar-refractivity contribution in [2.75, 3.05) is 40.4 Å². The molecule has 10 heteroatoms. The van der Waals surface area contributed by atoms with Gasteiger partial charge in [0.05, 0.1) is 35.7 Å². The molecule has 6 rings (SSSR count). The van der Waals surface area contributed by atoms with Crippen LogP contribution in [0.2, 0.25) is 0 Å². The van der Waals surface area contributed by atoms with Crippen LogP contribution in [-0.2, 0) is 17.8 Å². The number of fused-ring (bicyclic) bond motifs is 1. The van der Waals surface area contributed by atoms with Crippen LogP contribution in [0.15, 0.2) is 72.8 Å². The first-order valence-corrected chi connectivity index (χ1v) is 16.9. The van der Waals surface area contributed by atoms with Crippen molar-refractivity contribution in [2.24, 2.45) is 5.92 Å². The highest BCUT2D eigenvalue weighted by Gasteiger charge is 2.26. The number of nitrogens with zero attached hydrogens (tertiary/aromatic N) is 6. The molecule has 5 aromatic rings. The smallest absolute Gasteiger partial charge is 0.273 e. The molecule has 240 valence electrons. The maximum atomic E-state index is 13.7. The Balaban J connectivity index is 1.18. The number of hydrogen-bond acceptors (Lipinski definition) is 6. The molecule has 46 heavy (non-hydrogen) atoms. The van der Waals surface area contributed by atoms with E-state index in [0.29, 0.717) is 42.8 Å². The number of carbonyl (C=O) groups excluding carboxylic acids is 2. The van der Waals surface area contributed by atoms with E-state index in [4.69, 9.17) is 4.74 Å². The van der Waals surface area contributed by atoms with Crippen LogP contribution in [-0.4, -0.2) is 81.1 Å². The second kappa shape index (κ2) is 14.0. The number of ether oxygens (including phenoxy) is 1. The van der Waals surface area contributed by atoms with Crippen molar-refractivity contribution in [3.8, 4) is 11.1 Å². The summed E-state index contributed by atoms with van der Waals surface area (Å²) in [6, 6.07) is 14.5. The minimum absolute atomic E-state index is 0.0355. The van der Waals surface area contributed by atoms with E-state index >= 15 is 0 Å². The van der Waals surface area contributed by atoms with Crippen LogP contribution in [0.25, 0.3) is 21.9 Å².